The van der Waals surface area contributed by atoms with Crippen molar-refractivity contribution in [3.63, 3.8) is 0 Å². The van der Waals surface area contributed by atoms with E-state index < -0.39 is 0 Å². The van der Waals surface area contributed by atoms with Gasteiger partial charge in [-0.15, -0.1) is 0 Å². The molecular weight excluding hydrogens is 423 g/mol. The Morgan fingerprint density at radius 2 is 1.97 bits per heavy atom. The van der Waals surface area contributed by atoms with Gasteiger partial charge in [0.25, 0.3) is 11.5 Å². The van der Waals surface area contributed by atoms with E-state index in [4.69, 9.17) is 12.2 Å². The molecule has 0 radical (unpaired) electrons. The van der Waals surface area contributed by atoms with Gasteiger partial charge < -0.3 is 5.32 Å². The number of nitrogens with zero attached hydrogens (tertiary/aromatic N) is 3. The summed E-state index contributed by atoms with van der Waals surface area (Å²) in [5, 5.41) is 3.09. The Bertz CT molecular complexity index is 1240. The second-order valence-electron chi connectivity index (χ2n) is 6.53. The maximum Gasteiger partial charge on any atom is 0.267 e. The maximum absolute atomic E-state index is 13.1. The lowest BCUT2D eigenvalue weighted by Crippen LogP contribution is -2.27. The highest BCUT2D eigenvalue weighted by Gasteiger charge is 2.32. The Kier molecular flexibility index (Phi) is 5.65. The number of nitrogens with one attached hydrogen (secondary N) is 1. The van der Waals surface area contributed by atoms with Crippen molar-refractivity contribution in [2.45, 2.75) is 13.5 Å². The highest BCUT2D eigenvalue weighted by Crippen LogP contribution is 2.34. The fraction of sp³-hybridized carbons (Fsp3) is 0.143. The topological polar surface area (TPSA) is 66.7 Å². The number of anilines is 1. The molecule has 0 aliphatic carbocycles. The Hall–Kier alpha value is -3.04. The second kappa shape index (κ2) is 8.37. The maximum atomic E-state index is 13.1. The van der Waals surface area contributed by atoms with Crippen molar-refractivity contribution in [1.82, 2.24) is 14.3 Å². The van der Waals surface area contributed by atoms with Gasteiger partial charge in [0.15, 0.2) is 0 Å². The number of hydrogen-bond donors (Lipinski definition) is 1. The van der Waals surface area contributed by atoms with Gasteiger partial charge in [0.05, 0.1) is 17.0 Å². The molecule has 1 aromatic carbocycles. The molecule has 3 aromatic rings. The Morgan fingerprint density at radius 1 is 1.20 bits per heavy atom. The molecule has 1 N–H and O–H groups in total. The van der Waals surface area contributed by atoms with Crippen molar-refractivity contribution < 1.29 is 9.18 Å². The van der Waals surface area contributed by atoms with Crippen LogP contribution in [-0.4, -0.2) is 31.1 Å². The van der Waals surface area contributed by atoms with Crippen LogP contribution in [0.4, 0.5) is 10.2 Å². The predicted octanol–water partition coefficient (Wildman–Crippen LogP) is 3.67. The first kappa shape index (κ1) is 20.2. The van der Waals surface area contributed by atoms with Gasteiger partial charge in [-0.3, -0.25) is 18.9 Å². The zero-order valence-electron chi connectivity index (χ0n) is 16.0. The number of rotatable bonds is 5. The van der Waals surface area contributed by atoms with Crippen molar-refractivity contribution in [2.24, 2.45) is 0 Å². The summed E-state index contributed by atoms with van der Waals surface area (Å²) in [6, 6.07) is 11.2. The molecule has 30 heavy (non-hydrogen) atoms. The molecule has 0 bridgehead atoms. The summed E-state index contributed by atoms with van der Waals surface area (Å²) in [7, 11) is 0. The molecule has 1 fully saturated rings. The molecule has 1 aliphatic heterocycles. The minimum absolute atomic E-state index is 0.233. The minimum Gasteiger partial charge on any atom is -0.370 e. The number of fused-ring (bicyclic) bond motifs is 1. The van der Waals surface area contributed by atoms with Gasteiger partial charge in [-0.25, -0.2) is 9.37 Å². The zero-order chi connectivity index (χ0) is 21.3. The van der Waals surface area contributed by atoms with Crippen LogP contribution in [0.25, 0.3) is 11.7 Å². The normalized spacial score (nSPS) is 15.4. The van der Waals surface area contributed by atoms with Crippen molar-refractivity contribution in [3.05, 3.63) is 80.9 Å². The van der Waals surface area contributed by atoms with Crippen molar-refractivity contribution >= 4 is 51.7 Å². The number of benzene rings is 1. The Balaban J connectivity index is 1.72. The average Bonchev–Trinajstić information content (AvgIpc) is 3.00. The molecule has 9 heteroatoms. The third-order valence-corrected chi connectivity index (χ3v) is 5.89. The second-order valence-corrected chi connectivity index (χ2v) is 8.21. The molecule has 1 aliphatic rings. The Labute approximate surface area is 181 Å². The fourth-order valence-corrected chi connectivity index (χ4v) is 4.31. The molecule has 4 rings (SSSR count). The molecular formula is C21H17FN4O2S2. The number of aromatic nitrogens is 2. The summed E-state index contributed by atoms with van der Waals surface area (Å²) in [4.78, 5) is 32.3. The fourth-order valence-electron chi connectivity index (χ4n) is 3.07. The van der Waals surface area contributed by atoms with E-state index in [1.807, 2.05) is 6.92 Å². The number of pyridine rings is 1. The van der Waals surface area contributed by atoms with Gasteiger partial charge in [0, 0.05) is 12.7 Å². The van der Waals surface area contributed by atoms with Crippen LogP contribution in [0.2, 0.25) is 0 Å². The summed E-state index contributed by atoms with van der Waals surface area (Å²) >= 11 is 6.50. The lowest BCUT2D eigenvalue weighted by Gasteiger charge is -2.14. The standard InChI is InChI=1S/C21H17FN4O2S2/c1-2-23-18-15(19(27)25-10-4-3-5-17(25)24-18)11-16-20(28)26(21(29)30-16)12-13-6-8-14(22)9-7-13/h3-11,23H,2,12H2,1H3/b16-11+. The van der Waals surface area contributed by atoms with E-state index >= 15 is 0 Å². The first-order valence-corrected chi connectivity index (χ1v) is 10.5. The van der Waals surface area contributed by atoms with E-state index in [2.05, 4.69) is 10.3 Å². The van der Waals surface area contributed by atoms with Gasteiger partial charge in [-0.05, 0) is 42.8 Å². The number of thioether (sulfide) groups is 1. The van der Waals surface area contributed by atoms with Crippen molar-refractivity contribution in [1.29, 1.82) is 0 Å². The largest absolute Gasteiger partial charge is 0.370 e. The summed E-state index contributed by atoms with van der Waals surface area (Å²) in [5.74, 6) is -0.226. The molecule has 152 valence electrons. The quantitative estimate of drug-likeness (QED) is 0.482. The van der Waals surface area contributed by atoms with E-state index in [0.717, 1.165) is 17.3 Å². The summed E-state index contributed by atoms with van der Waals surface area (Å²) in [5.41, 5.74) is 1.29. The predicted molar refractivity (Wildman–Crippen MR) is 121 cm³/mol. The van der Waals surface area contributed by atoms with Gasteiger partial charge in [0.2, 0.25) is 0 Å². The monoisotopic (exact) mass is 440 g/mol. The SMILES string of the molecule is CCNc1nc2ccccn2c(=O)c1/C=C1/SC(=S)N(Cc2ccc(F)cc2)C1=O. The third-order valence-electron chi connectivity index (χ3n) is 4.52. The first-order chi connectivity index (χ1) is 14.5. The number of carbonyl (C=O) groups excluding carboxylic acids is 1. The summed E-state index contributed by atoms with van der Waals surface area (Å²) in [6.45, 7) is 2.71. The van der Waals surface area contributed by atoms with Crippen molar-refractivity contribution in [2.75, 3.05) is 11.9 Å². The van der Waals surface area contributed by atoms with Gasteiger partial charge in [-0.2, -0.15) is 0 Å². The van der Waals surface area contributed by atoms with E-state index in [0.29, 0.717) is 32.8 Å². The van der Waals surface area contributed by atoms with Crippen LogP contribution in [-0.2, 0) is 11.3 Å². The van der Waals surface area contributed by atoms with Crippen LogP contribution in [0.3, 0.4) is 0 Å². The van der Waals surface area contributed by atoms with Gasteiger partial charge >= 0.3 is 0 Å². The third kappa shape index (κ3) is 3.86. The molecule has 6 nitrogen and oxygen atoms in total. The van der Waals surface area contributed by atoms with E-state index in [-0.39, 0.29) is 23.8 Å². The van der Waals surface area contributed by atoms with Crippen LogP contribution in [0.5, 0.6) is 0 Å². The number of thiocarbonyl (C=S) groups is 1. The minimum atomic E-state index is -0.343. The molecule has 1 saturated heterocycles. The lowest BCUT2D eigenvalue weighted by molar-refractivity contribution is -0.122. The lowest BCUT2D eigenvalue weighted by atomic mass is 10.2. The summed E-state index contributed by atoms with van der Waals surface area (Å²) < 4.78 is 15.0. The average molecular weight is 441 g/mol. The smallest absolute Gasteiger partial charge is 0.267 e. The number of hydrogen-bond acceptors (Lipinski definition) is 6. The molecule has 0 unspecified atom stereocenters. The molecule has 3 heterocycles. The van der Waals surface area contributed by atoms with E-state index in [9.17, 15) is 14.0 Å². The number of amides is 1. The van der Waals surface area contributed by atoms with Crippen LogP contribution in [0, 0.1) is 5.82 Å². The Morgan fingerprint density at radius 3 is 2.70 bits per heavy atom. The molecule has 1 amide bonds. The van der Waals surface area contributed by atoms with Crippen LogP contribution < -0.4 is 10.9 Å². The highest BCUT2D eigenvalue weighted by molar-refractivity contribution is 8.26. The van der Waals surface area contributed by atoms with Crippen LogP contribution in [0.1, 0.15) is 18.1 Å². The number of halogens is 1. The number of carbonyl (C=O) groups is 1. The summed E-state index contributed by atoms with van der Waals surface area (Å²) in [6.07, 6.45) is 3.17. The molecule has 2 aromatic heterocycles. The van der Waals surface area contributed by atoms with Crippen LogP contribution in [0.15, 0.2) is 58.4 Å². The van der Waals surface area contributed by atoms with Crippen molar-refractivity contribution in [3.8, 4) is 0 Å². The molecule has 0 saturated carbocycles. The zero-order valence-corrected chi connectivity index (χ0v) is 17.6. The van der Waals surface area contributed by atoms with Gasteiger partial charge in [0.1, 0.15) is 21.6 Å². The van der Waals surface area contributed by atoms with E-state index in [1.54, 1.807) is 36.5 Å². The first-order valence-electron chi connectivity index (χ1n) is 9.23. The highest BCUT2D eigenvalue weighted by atomic mass is 32.2. The van der Waals surface area contributed by atoms with Gasteiger partial charge in [-0.1, -0.05) is 42.2 Å². The molecule has 0 spiro atoms. The van der Waals surface area contributed by atoms with E-state index in [1.165, 1.54) is 27.5 Å². The van der Waals surface area contributed by atoms with Crippen LogP contribution >= 0.6 is 24.0 Å². The molecule has 0 atom stereocenters.